The quantitative estimate of drug-likeness (QED) is 0.203. The predicted molar refractivity (Wildman–Crippen MR) is 140 cm³/mol. The van der Waals surface area contributed by atoms with E-state index in [1.165, 1.54) is 12.1 Å². The average Bonchev–Trinajstić information content (AvgIpc) is 2.90. The highest BCUT2D eigenvalue weighted by Crippen LogP contribution is 2.37. The van der Waals surface area contributed by atoms with Crippen molar-refractivity contribution in [3.05, 3.63) is 102 Å². The maximum atomic E-state index is 12.2. The lowest BCUT2D eigenvalue weighted by Gasteiger charge is -2.15. The van der Waals surface area contributed by atoms with Crippen molar-refractivity contribution in [2.24, 2.45) is 0 Å². The number of hydrogen-bond donors (Lipinski definition) is 1. The molecule has 8 heteroatoms. The second kappa shape index (κ2) is 12.3. The summed E-state index contributed by atoms with van der Waals surface area (Å²) in [6, 6.07) is 16.6. The Morgan fingerprint density at radius 2 is 1.21 bits per heavy atom. The number of rotatable bonds is 11. The smallest absolute Gasteiger partial charge is 0.336 e. The van der Waals surface area contributed by atoms with Crippen LogP contribution < -0.4 is 4.74 Å². The number of carbonyl (C=O) groups excluding carboxylic acids is 3. The molecule has 38 heavy (non-hydrogen) atoms. The maximum absolute atomic E-state index is 12.2. The van der Waals surface area contributed by atoms with Crippen LogP contribution in [0.15, 0.2) is 85.0 Å². The molecule has 3 aromatic rings. The van der Waals surface area contributed by atoms with Gasteiger partial charge in [0.15, 0.2) is 0 Å². The van der Waals surface area contributed by atoms with E-state index in [0.717, 1.165) is 0 Å². The van der Waals surface area contributed by atoms with E-state index in [-0.39, 0.29) is 36.6 Å². The molecule has 0 fully saturated rings. The SMILES string of the molecule is C=C(C)C(=O)OCc1ccc(-c2cc(C(=O)O)c(-c3ccc(COC(=O)C(=C)C)cc3)cc2OC=O)cc1. The molecule has 0 heterocycles. The molecule has 0 amide bonds. The van der Waals surface area contributed by atoms with Crippen molar-refractivity contribution in [1.82, 2.24) is 0 Å². The molecular formula is C30H26O8. The third-order valence-corrected chi connectivity index (χ3v) is 5.49. The fourth-order valence-electron chi connectivity index (χ4n) is 3.48. The largest absolute Gasteiger partial charge is 0.478 e. The van der Waals surface area contributed by atoms with Crippen molar-refractivity contribution < 1.29 is 38.5 Å². The Labute approximate surface area is 219 Å². The van der Waals surface area contributed by atoms with Crippen LogP contribution in [0.3, 0.4) is 0 Å². The molecule has 0 radical (unpaired) electrons. The minimum Gasteiger partial charge on any atom is -0.478 e. The molecule has 0 spiro atoms. The van der Waals surface area contributed by atoms with Gasteiger partial charge in [0.25, 0.3) is 6.47 Å². The van der Waals surface area contributed by atoms with Crippen LogP contribution in [0.5, 0.6) is 5.75 Å². The normalized spacial score (nSPS) is 10.3. The zero-order chi connectivity index (χ0) is 27.8. The van der Waals surface area contributed by atoms with Crippen molar-refractivity contribution in [1.29, 1.82) is 0 Å². The first kappa shape index (κ1) is 27.6. The Morgan fingerprint density at radius 3 is 1.61 bits per heavy atom. The van der Waals surface area contributed by atoms with E-state index in [1.54, 1.807) is 62.4 Å². The first-order valence-electron chi connectivity index (χ1n) is 11.5. The second-order valence-corrected chi connectivity index (χ2v) is 8.52. The maximum Gasteiger partial charge on any atom is 0.336 e. The van der Waals surface area contributed by atoms with Gasteiger partial charge in [-0.3, -0.25) is 4.79 Å². The number of aromatic carboxylic acids is 1. The summed E-state index contributed by atoms with van der Waals surface area (Å²) in [5.74, 6) is -2.00. The number of carboxylic acid groups (broad SMARTS) is 1. The van der Waals surface area contributed by atoms with Crippen molar-refractivity contribution in [2.45, 2.75) is 27.1 Å². The van der Waals surface area contributed by atoms with Gasteiger partial charge in [-0.05, 0) is 53.8 Å². The molecular weight excluding hydrogens is 488 g/mol. The van der Waals surface area contributed by atoms with E-state index in [2.05, 4.69) is 13.2 Å². The number of carbonyl (C=O) groups is 4. The van der Waals surface area contributed by atoms with Gasteiger partial charge in [0.1, 0.15) is 19.0 Å². The lowest BCUT2D eigenvalue weighted by atomic mass is 9.93. The zero-order valence-corrected chi connectivity index (χ0v) is 21.0. The first-order valence-corrected chi connectivity index (χ1v) is 11.5. The van der Waals surface area contributed by atoms with E-state index >= 15 is 0 Å². The van der Waals surface area contributed by atoms with Gasteiger partial charge in [0, 0.05) is 16.7 Å². The molecule has 0 aliphatic heterocycles. The third-order valence-electron chi connectivity index (χ3n) is 5.49. The Hall–Kier alpha value is -4.98. The molecule has 3 aromatic carbocycles. The molecule has 0 atom stereocenters. The number of hydrogen-bond acceptors (Lipinski definition) is 7. The summed E-state index contributed by atoms with van der Waals surface area (Å²) in [5.41, 5.74) is 3.89. The van der Waals surface area contributed by atoms with Crippen LogP contribution >= 0.6 is 0 Å². The highest BCUT2D eigenvalue weighted by molar-refractivity contribution is 5.99. The van der Waals surface area contributed by atoms with Crippen LogP contribution in [0.25, 0.3) is 22.3 Å². The molecule has 0 saturated carbocycles. The van der Waals surface area contributed by atoms with Gasteiger partial charge in [0.05, 0.1) is 5.56 Å². The predicted octanol–water partition coefficient (Wildman–Crippen LogP) is 5.49. The summed E-state index contributed by atoms with van der Waals surface area (Å²) in [4.78, 5) is 46.7. The van der Waals surface area contributed by atoms with Crippen LogP contribution in [0, 0.1) is 0 Å². The molecule has 1 N–H and O–H groups in total. The average molecular weight is 515 g/mol. The minimum atomic E-state index is -1.17. The van der Waals surface area contributed by atoms with Gasteiger partial charge in [-0.15, -0.1) is 0 Å². The highest BCUT2D eigenvalue weighted by atomic mass is 16.5. The van der Waals surface area contributed by atoms with E-state index in [1.807, 2.05) is 0 Å². The summed E-state index contributed by atoms with van der Waals surface area (Å²) >= 11 is 0. The lowest BCUT2D eigenvalue weighted by molar-refractivity contribution is -0.141. The Bertz CT molecular complexity index is 1400. The van der Waals surface area contributed by atoms with Gasteiger partial charge in [-0.2, -0.15) is 0 Å². The van der Waals surface area contributed by atoms with E-state index < -0.39 is 17.9 Å². The van der Waals surface area contributed by atoms with Gasteiger partial charge in [-0.25, -0.2) is 14.4 Å². The fourth-order valence-corrected chi connectivity index (χ4v) is 3.48. The van der Waals surface area contributed by atoms with Crippen molar-refractivity contribution in [3.63, 3.8) is 0 Å². The summed E-state index contributed by atoms with van der Waals surface area (Å²) in [7, 11) is 0. The van der Waals surface area contributed by atoms with Gasteiger partial charge >= 0.3 is 17.9 Å². The second-order valence-electron chi connectivity index (χ2n) is 8.52. The zero-order valence-electron chi connectivity index (χ0n) is 21.0. The van der Waals surface area contributed by atoms with Crippen molar-refractivity contribution in [2.75, 3.05) is 0 Å². The van der Waals surface area contributed by atoms with E-state index in [0.29, 0.717) is 39.0 Å². The van der Waals surface area contributed by atoms with Crippen LogP contribution in [-0.4, -0.2) is 29.5 Å². The molecule has 194 valence electrons. The number of esters is 2. The van der Waals surface area contributed by atoms with Crippen LogP contribution in [-0.2, 0) is 37.1 Å². The molecule has 0 bridgehead atoms. The lowest BCUT2D eigenvalue weighted by Crippen LogP contribution is -2.05. The molecule has 0 aromatic heterocycles. The molecule has 0 aliphatic carbocycles. The highest BCUT2D eigenvalue weighted by Gasteiger charge is 2.19. The minimum absolute atomic E-state index is 0.000765. The van der Waals surface area contributed by atoms with Gasteiger partial charge in [0.2, 0.25) is 0 Å². The standard InChI is InChI=1S/C30H26O8/c1-18(2)29(34)36-15-20-5-9-22(10-6-20)24-14-27(38-17-31)25(13-26(24)28(32)33)23-11-7-21(8-12-23)16-37-30(35)19(3)4/h5-14,17H,1,3,15-16H2,2,4H3,(H,32,33). The Kier molecular flexibility index (Phi) is 8.95. The molecule has 0 aliphatic rings. The monoisotopic (exact) mass is 514 g/mol. The number of carboxylic acids is 1. The van der Waals surface area contributed by atoms with Crippen LogP contribution in [0.1, 0.15) is 35.3 Å². The van der Waals surface area contributed by atoms with Crippen LogP contribution in [0.2, 0.25) is 0 Å². The molecule has 3 rings (SSSR count). The number of ether oxygens (including phenoxy) is 3. The molecule has 8 nitrogen and oxygen atoms in total. The van der Waals surface area contributed by atoms with E-state index in [4.69, 9.17) is 14.2 Å². The van der Waals surface area contributed by atoms with Gasteiger partial charge in [-0.1, -0.05) is 61.7 Å². The summed E-state index contributed by atoms with van der Waals surface area (Å²) < 4.78 is 15.5. The van der Waals surface area contributed by atoms with Crippen LogP contribution in [0.4, 0.5) is 0 Å². The fraction of sp³-hybridized carbons (Fsp3) is 0.133. The summed E-state index contributed by atoms with van der Waals surface area (Å²) in [5, 5.41) is 9.95. The van der Waals surface area contributed by atoms with E-state index in [9.17, 15) is 24.3 Å². The topological polar surface area (TPSA) is 116 Å². The summed E-state index contributed by atoms with van der Waals surface area (Å²) in [6.45, 7) is 10.5. The Morgan fingerprint density at radius 1 is 0.763 bits per heavy atom. The van der Waals surface area contributed by atoms with Crippen molar-refractivity contribution >= 4 is 24.4 Å². The Balaban J connectivity index is 1.93. The van der Waals surface area contributed by atoms with Crippen molar-refractivity contribution in [3.8, 4) is 28.0 Å². The summed E-state index contributed by atoms with van der Waals surface area (Å²) in [6.07, 6.45) is 0. The third kappa shape index (κ3) is 6.82. The molecule has 0 unspecified atom stereocenters. The molecule has 0 saturated heterocycles. The number of benzene rings is 3. The first-order chi connectivity index (χ1) is 18.1. The van der Waals surface area contributed by atoms with Gasteiger partial charge < -0.3 is 19.3 Å².